The quantitative estimate of drug-likeness (QED) is 0.149. The van der Waals surface area contributed by atoms with Crippen LogP contribution in [0.1, 0.15) is 0 Å². The fraction of sp³-hybridized carbons (Fsp3) is 0. The minimum absolute atomic E-state index is 0.383. The molecule has 0 spiro atoms. The summed E-state index contributed by atoms with van der Waals surface area (Å²) in [5, 5.41) is 9.10. The Hall–Kier alpha value is -11.4. The lowest BCUT2D eigenvalue weighted by Gasteiger charge is -2.17. The van der Waals surface area contributed by atoms with Gasteiger partial charge in [-0.25, -0.2) is 24.6 Å². The van der Waals surface area contributed by atoms with Gasteiger partial charge in [0.2, 0.25) is 0 Å². The van der Waals surface area contributed by atoms with Gasteiger partial charge in [-0.05, 0) is 84.9 Å². The fourth-order valence-electron chi connectivity index (χ4n) is 12.4. The molecule has 16 rings (SSSR count). The molecule has 9 nitrogen and oxygen atoms in total. The van der Waals surface area contributed by atoms with E-state index in [2.05, 4.69) is 210 Å². The topological polar surface area (TPSA) is 67.1 Å². The summed E-state index contributed by atoms with van der Waals surface area (Å²) in [5.74, 6) is 1.22. The van der Waals surface area contributed by atoms with Gasteiger partial charge in [0.15, 0.2) is 28.8 Å². The molecule has 0 aliphatic carbocycles. The average Bonchev–Trinajstić information content (AvgIpc) is 4.46. The van der Waals surface area contributed by atoms with Crippen LogP contribution in [0.4, 0.5) is 11.4 Å². The highest BCUT2D eigenvalue weighted by Gasteiger charge is 2.25. The van der Waals surface area contributed by atoms with Crippen LogP contribution in [0.15, 0.2) is 249 Å². The van der Waals surface area contributed by atoms with Crippen LogP contribution in [0, 0.1) is 13.1 Å². The lowest BCUT2D eigenvalue weighted by atomic mass is 10.1. The standard InChI is InChI=1S/C71H41N9/c1-72-45-32-38-65(79-63-30-16-10-24-53(63)55-36-34-47(42-67(55)79)77-59-26-12-6-20-49(59)50-21-7-13-27-60(50)77)57(40-45)70-74-69(44-18-4-3-5-19-44)75-71(76-70)58-41-46(73-2)33-39-66(58)80-64-31-17-11-25-54(64)56-37-35-48(43-68(56)80)78-61-28-14-8-22-51(61)52-23-9-15-29-62(52)78/h3-43H. The molecular formula is C71H41N9. The first kappa shape index (κ1) is 44.9. The van der Waals surface area contributed by atoms with E-state index in [1.165, 1.54) is 21.5 Å². The number of hydrogen-bond acceptors (Lipinski definition) is 3. The van der Waals surface area contributed by atoms with Crippen LogP contribution in [0.5, 0.6) is 0 Å². The molecule has 0 amide bonds. The molecule has 0 unspecified atom stereocenters. The first-order chi connectivity index (χ1) is 39.6. The Bertz CT molecular complexity index is 4930. The zero-order chi connectivity index (χ0) is 53.0. The van der Waals surface area contributed by atoms with Crippen molar-refractivity contribution in [2.75, 3.05) is 0 Å². The van der Waals surface area contributed by atoms with Crippen LogP contribution in [0.3, 0.4) is 0 Å². The second-order valence-electron chi connectivity index (χ2n) is 20.1. The third-order valence-electron chi connectivity index (χ3n) is 15.8. The van der Waals surface area contributed by atoms with E-state index in [4.69, 9.17) is 28.1 Å². The summed E-state index contributed by atoms with van der Waals surface area (Å²) in [6.07, 6.45) is 0. The zero-order valence-corrected chi connectivity index (χ0v) is 42.7. The Labute approximate surface area is 458 Å². The van der Waals surface area contributed by atoms with Gasteiger partial charge in [0.05, 0.1) is 68.7 Å². The monoisotopic (exact) mass is 1020 g/mol. The molecule has 0 fully saturated rings. The van der Waals surface area contributed by atoms with E-state index >= 15 is 0 Å². The summed E-state index contributed by atoms with van der Waals surface area (Å²) in [5.41, 5.74) is 15.1. The number of hydrogen-bond donors (Lipinski definition) is 0. The van der Waals surface area contributed by atoms with Crippen molar-refractivity contribution in [2.24, 2.45) is 0 Å². The predicted octanol–water partition coefficient (Wildman–Crippen LogP) is 18.4. The smallest absolute Gasteiger partial charge is 0.188 e. The molecule has 16 aromatic rings. The summed E-state index contributed by atoms with van der Waals surface area (Å²) in [6.45, 7) is 16.7. The summed E-state index contributed by atoms with van der Waals surface area (Å²) in [7, 11) is 0. The second-order valence-corrected chi connectivity index (χ2v) is 20.1. The molecule has 370 valence electrons. The summed E-state index contributed by atoms with van der Waals surface area (Å²) in [4.78, 5) is 24.2. The normalized spacial score (nSPS) is 11.7. The molecular weight excluding hydrogens is 979 g/mol. The van der Waals surface area contributed by atoms with Gasteiger partial charge in [0.1, 0.15) is 0 Å². The molecule has 5 aromatic heterocycles. The third kappa shape index (κ3) is 6.72. The van der Waals surface area contributed by atoms with Crippen LogP contribution in [0.2, 0.25) is 0 Å². The Morgan fingerprint density at radius 2 is 0.575 bits per heavy atom. The van der Waals surface area contributed by atoms with Gasteiger partial charge in [0.25, 0.3) is 0 Å². The van der Waals surface area contributed by atoms with Gasteiger partial charge in [-0.2, -0.15) is 0 Å². The highest BCUT2D eigenvalue weighted by molar-refractivity contribution is 6.14. The molecule has 0 aliphatic rings. The first-order valence-electron chi connectivity index (χ1n) is 26.5. The maximum absolute atomic E-state index is 8.36. The Kier molecular flexibility index (Phi) is 9.86. The van der Waals surface area contributed by atoms with Crippen LogP contribution in [-0.4, -0.2) is 33.2 Å². The van der Waals surface area contributed by atoms with Gasteiger partial charge < -0.3 is 18.3 Å². The second kappa shape index (κ2) is 17.6. The van der Waals surface area contributed by atoms with Gasteiger partial charge in [-0.1, -0.05) is 164 Å². The van der Waals surface area contributed by atoms with Crippen LogP contribution in [-0.2, 0) is 0 Å². The van der Waals surface area contributed by atoms with Crippen LogP contribution < -0.4 is 0 Å². The molecule has 9 heteroatoms. The zero-order valence-electron chi connectivity index (χ0n) is 42.7. The molecule has 0 radical (unpaired) electrons. The first-order valence-corrected chi connectivity index (χ1v) is 26.5. The molecule has 0 aliphatic heterocycles. The van der Waals surface area contributed by atoms with Crippen molar-refractivity contribution in [1.29, 1.82) is 0 Å². The molecule has 0 bridgehead atoms. The lowest BCUT2D eigenvalue weighted by molar-refractivity contribution is 1.06. The Morgan fingerprint density at radius 1 is 0.263 bits per heavy atom. The van der Waals surface area contributed by atoms with Gasteiger partial charge in [0, 0.05) is 71.2 Å². The molecule has 80 heavy (non-hydrogen) atoms. The van der Waals surface area contributed by atoms with Crippen LogP contribution in [0.25, 0.3) is 154 Å². The van der Waals surface area contributed by atoms with Gasteiger partial charge in [-0.3, -0.25) is 0 Å². The van der Waals surface area contributed by atoms with Crippen molar-refractivity contribution in [3.63, 3.8) is 0 Å². The Balaban J connectivity index is 0.951. The molecule has 0 atom stereocenters. The van der Waals surface area contributed by atoms with Crippen LogP contribution >= 0.6 is 0 Å². The van der Waals surface area contributed by atoms with Crippen molar-refractivity contribution in [1.82, 2.24) is 33.2 Å². The van der Waals surface area contributed by atoms with Gasteiger partial charge >= 0.3 is 0 Å². The molecule has 11 aromatic carbocycles. The fourth-order valence-corrected chi connectivity index (χ4v) is 12.4. The van der Waals surface area contributed by atoms with E-state index < -0.39 is 0 Å². The molecule has 5 heterocycles. The van der Waals surface area contributed by atoms with E-state index in [9.17, 15) is 0 Å². The predicted molar refractivity (Wildman–Crippen MR) is 326 cm³/mol. The average molecular weight is 1020 g/mol. The van der Waals surface area contributed by atoms with E-state index in [1.54, 1.807) is 0 Å². The Morgan fingerprint density at radius 3 is 0.938 bits per heavy atom. The van der Waals surface area contributed by atoms with E-state index in [0.29, 0.717) is 40.0 Å². The minimum atomic E-state index is 0.383. The summed E-state index contributed by atoms with van der Waals surface area (Å²) < 4.78 is 9.26. The third-order valence-corrected chi connectivity index (χ3v) is 15.8. The number of aromatic nitrogens is 7. The summed E-state index contributed by atoms with van der Waals surface area (Å²) in [6, 6.07) is 86.1. The number of benzene rings is 11. The number of fused-ring (bicyclic) bond motifs is 12. The largest absolute Gasteiger partial charge is 0.309 e. The van der Waals surface area contributed by atoms with Crippen molar-refractivity contribution in [3.05, 3.63) is 272 Å². The molecule has 0 saturated carbocycles. The minimum Gasteiger partial charge on any atom is -0.309 e. The van der Waals surface area contributed by atoms with E-state index in [0.717, 1.165) is 94.0 Å². The SMILES string of the molecule is [C-]#[N+]c1ccc(-n2c3ccccc3c3ccc(-n4c5ccccc5c5ccccc54)cc32)c(-c2nc(-c3ccccc3)nc(-c3cc([N+]#[C-])ccc3-n3c4ccccc4c4ccc(-n5c6ccccc6c6ccccc65)cc43)n2)c1. The van der Waals surface area contributed by atoms with Crippen molar-refractivity contribution in [3.8, 4) is 56.9 Å². The molecule has 0 N–H and O–H groups in total. The van der Waals surface area contributed by atoms with Crippen molar-refractivity contribution in [2.45, 2.75) is 0 Å². The highest BCUT2D eigenvalue weighted by atomic mass is 15.1. The number of rotatable bonds is 7. The molecule has 0 saturated heterocycles. The highest BCUT2D eigenvalue weighted by Crippen LogP contribution is 2.43. The maximum Gasteiger partial charge on any atom is 0.188 e. The summed E-state index contributed by atoms with van der Waals surface area (Å²) >= 11 is 0. The van der Waals surface area contributed by atoms with E-state index in [-0.39, 0.29) is 0 Å². The van der Waals surface area contributed by atoms with Crippen molar-refractivity contribution < 1.29 is 0 Å². The maximum atomic E-state index is 8.36. The van der Waals surface area contributed by atoms with Gasteiger partial charge in [-0.15, -0.1) is 0 Å². The van der Waals surface area contributed by atoms with Crippen molar-refractivity contribution >= 4 is 98.6 Å². The lowest BCUT2D eigenvalue weighted by Crippen LogP contribution is -2.05. The van der Waals surface area contributed by atoms with E-state index in [1.807, 2.05) is 66.7 Å². The number of para-hydroxylation sites is 6. The number of nitrogens with zero attached hydrogens (tertiary/aromatic N) is 9.